The van der Waals surface area contributed by atoms with Gasteiger partial charge in [0.2, 0.25) is 11.9 Å². The first-order valence-electron chi connectivity index (χ1n) is 11.0. The Balaban J connectivity index is 1.38. The van der Waals surface area contributed by atoms with Crippen LogP contribution in [0.5, 0.6) is 5.75 Å². The van der Waals surface area contributed by atoms with Crippen LogP contribution in [0.2, 0.25) is 0 Å². The molecular weight excluding hydrogens is 439 g/mol. The summed E-state index contributed by atoms with van der Waals surface area (Å²) in [6.07, 6.45) is 6.54. The lowest BCUT2D eigenvalue weighted by molar-refractivity contribution is -0.119. The number of rotatable bonds is 8. The predicted molar refractivity (Wildman–Crippen MR) is 125 cm³/mol. The summed E-state index contributed by atoms with van der Waals surface area (Å²) in [5.74, 6) is -1.25. The highest BCUT2D eigenvalue weighted by Gasteiger charge is 2.19. The third-order valence-electron chi connectivity index (χ3n) is 5.73. The first-order chi connectivity index (χ1) is 16.4. The topological polar surface area (TPSA) is 105 Å². The molecule has 2 N–H and O–H groups in total. The highest BCUT2D eigenvalue weighted by molar-refractivity contribution is 5.94. The lowest BCUT2D eigenvalue weighted by Gasteiger charge is -2.26. The Morgan fingerprint density at radius 2 is 1.88 bits per heavy atom. The van der Waals surface area contributed by atoms with Crippen LogP contribution in [-0.4, -0.2) is 40.6 Å². The van der Waals surface area contributed by atoms with Crippen LogP contribution in [-0.2, 0) is 17.6 Å². The van der Waals surface area contributed by atoms with E-state index in [0.717, 1.165) is 36.3 Å². The minimum absolute atomic E-state index is 0.0280. The van der Waals surface area contributed by atoms with Crippen LogP contribution in [0.3, 0.4) is 0 Å². The van der Waals surface area contributed by atoms with E-state index < -0.39 is 11.8 Å². The van der Waals surface area contributed by atoms with Gasteiger partial charge in [0.05, 0.1) is 12.7 Å². The molecule has 1 saturated heterocycles. The van der Waals surface area contributed by atoms with Crippen molar-refractivity contribution >= 4 is 29.2 Å². The van der Waals surface area contributed by atoms with Gasteiger partial charge in [0.25, 0.3) is 0 Å². The number of halogens is 1. The number of benzene rings is 2. The van der Waals surface area contributed by atoms with E-state index in [1.54, 1.807) is 12.4 Å². The number of carboxylic acid groups (broad SMARTS) is 1. The molecule has 0 spiro atoms. The Morgan fingerprint density at radius 1 is 1.15 bits per heavy atom. The lowest BCUT2D eigenvalue weighted by atomic mass is 10.0. The zero-order valence-electron chi connectivity index (χ0n) is 18.8. The van der Waals surface area contributed by atoms with E-state index in [9.17, 15) is 19.1 Å². The number of nitrogens with one attached hydrogen (secondary N) is 1. The molecule has 0 saturated carbocycles. The van der Waals surface area contributed by atoms with Crippen molar-refractivity contribution in [1.29, 1.82) is 0 Å². The van der Waals surface area contributed by atoms with Crippen LogP contribution in [0.1, 0.15) is 40.7 Å². The number of anilines is 3. The fraction of sp³-hybridized carbons (Fsp3) is 0.280. The number of hydrogen-bond acceptors (Lipinski definition) is 6. The molecule has 8 nitrogen and oxygen atoms in total. The first kappa shape index (κ1) is 23.2. The Labute approximate surface area is 196 Å². The summed E-state index contributed by atoms with van der Waals surface area (Å²) in [4.78, 5) is 33.8. The van der Waals surface area contributed by atoms with Gasteiger partial charge in [-0.2, -0.15) is 0 Å². The molecule has 9 heteroatoms. The van der Waals surface area contributed by atoms with Crippen molar-refractivity contribution in [2.24, 2.45) is 0 Å². The number of aryl methyl sites for hydroxylation is 2. The maximum atomic E-state index is 14.5. The molecule has 34 heavy (non-hydrogen) atoms. The van der Waals surface area contributed by atoms with E-state index in [1.807, 2.05) is 29.2 Å². The normalized spacial score (nSPS) is 13.6. The maximum Gasteiger partial charge on any atom is 0.335 e. The fourth-order valence-electron chi connectivity index (χ4n) is 3.87. The van der Waals surface area contributed by atoms with Crippen molar-refractivity contribution in [2.45, 2.75) is 32.1 Å². The van der Waals surface area contributed by atoms with Crippen molar-refractivity contribution in [2.75, 3.05) is 23.9 Å². The quantitative estimate of drug-likeness (QED) is 0.510. The Hall–Kier alpha value is -4.01. The number of ether oxygens (including phenoxy) is 1. The molecule has 1 aliphatic rings. The summed E-state index contributed by atoms with van der Waals surface area (Å²) in [5, 5.41) is 12.4. The zero-order chi connectivity index (χ0) is 24.1. The van der Waals surface area contributed by atoms with Gasteiger partial charge >= 0.3 is 5.97 Å². The van der Waals surface area contributed by atoms with Gasteiger partial charge in [0.15, 0.2) is 11.6 Å². The van der Waals surface area contributed by atoms with E-state index in [1.165, 1.54) is 19.2 Å². The number of carbonyl (C=O) groups excluding carboxylic acids is 1. The Bertz CT molecular complexity index is 1180. The van der Waals surface area contributed by atoms with Gasteiger partial charge in [-0.3, -0.25) is 4.79 Å². The van der Waals surface area contributed by atoms with E-state index >= 15 is 0 Å². The molecule has 2 aromatic carbocycles. The smallest absolute Gasteiger partial charge is 0.335 e. The van der Waals surface area contributed by atoms with Crippen molar-refractivity contribution in [1.82, 2.24) is 9.97 Å². The third kappa shape index (κ3) is 5.31. The highest BCUT2D eigenvalue weighted by atomic mass is 19.1. The van der Waals surface area contributed by atoms with Gasteiger partial charge in [-0.05, 0) is 73.2 Å². The fourth-order valence-corrected chi connectivity index (χ4v) is 3.87. The molecule has 2 heterocycles. The lowest BCUT2D eigenvalue weighted by Crippen LogP contribution is -2.35. The summed E-state index contributed by atoms with van der Waals surface area (Å²) < 4.78 is 19.5. The number of methoxy groups -OCH3 is 1. The average molecular weight is 464 g/mol. The number of carbonyl (C=O) groups is 2. The molecule has 0 aliphatic carbocycles. The number of aromatic nitrogens is 2. The number of amides is 1. The molecular formula is C25H25FN4O4. The second kappa shape index (κ2) is 10.3. The molecule has 1 fully saturated rings. The Morgan fingerprint density at radius 3 is 2.53 bits per heavy atom. The summed E-state index contributed by atoms with van der Waals surface area (Å²) in [5.41, 5.74) is 2.68. The van der Waals surface area contributed by atoms with Crippen LogP contribution in [0.4, 0.5) is 21.7 Å². The summed E-state index contributed by atoms with van der Waals surface area (Å²) in [7, 11) is 1.30. The number of piperidine rings is 1. The van der Waals surface area contributed by atoms with Gasteiger partial charge < -0.3 is 20.1 Å². The monoisotopic (exact) mass is 464 g/mol. The average Bonchev–Trinajstić information content (AvgIpc) is 2.85. The third-order valence-corrected chi connectivity index (χ3v) is 5.73. The van der Waals surface area contributed by atoms with Gasteiger partial charge in [0.1, 0.15) is 0 Å². The standard InChI is InChI=1S/C25H25FN4O4/c1-34-21-13-18(24(32)33)12-17(23(21)26)6-5-16-14-27-25(28-15-16)29-19-7-9-20(10-8-19)30-11-3-2-4-22(30)31/h7-10,12-15H,2-6,11H2,1H3,(H,32,33)(H,27,28,29). The second-order valence-electron chi connectivity index (χ2n) is 8.05. The maximum absolute atomic E-state index is 14.5. The van der Waals surface area contributed by atoms with Crippen LogP contribution < -0.4 is 15.0 Å². The van der Waals surface area contributed by atoms with Crippen LogP contribution in [0.25, 0.3) is 0 Å². The molecule has 0 unspecified atom stereocenters. The number of aromatic carboxylic acids is 1. The Kier molecular flexibility index (Phi) is 7.01. The van der Waals surface area contributed by atoms with Crippen LogP contribution >= 0.6 is 0 Å². The van der Waals surface area contributed by atoms with E-state index in [2.05, 4.69) is 15.3 Å². The molecule has 4 rings (SSSR count). The summed E-state index contributed by atoms with van der Waals surface area (Å²) in [6, 6.07) is 10.0. The van der Waals surface area contributed by atoms with Gasteiger partial charge in [-0.25, -0.2) is 19.2 Å². The zero-order valence-corrected chi connectivity index (χ0v) is 18.8. The van der Waals surface area contributed by atoms with E-state index in [-0.39, 0.29) is 29.2 Å². The van der Waals surface area contributed by atoms with Gasteiger partial charge in [-0.15, -0.1) is 0 Å². The van der Waals surface area contributed by atoms with Crippen molar-refractivity contribution in [3.8, 4) is 5.75 Å². The van der Waals surface area contributed by atoms with Crippen molar-refractivity contribution in [3.63, 3.8) is 0 Å². The molecule has 0 atom stereocenters. The summed E-state index contributed by atoms with van der Waals surface area (Å²) >= 11 is 0. The largest absolute Gasteiger partial charge is 0.494 e. The van der Waals surface area contributed by atoms with Gasteiger partial charge in [0, 0.05) is 36.7 Å². The molecule has 3 aromatic rings. The molecule has 0 radical (unpaired) electrons. The summed E-state index contributed by atoms with van der Waals surface area (Å²) in [6.45, 7) is 0.744. The SMILES string of the molecule is COc1cc(C(=O)O)cc(CCc2cnc(Nc3ccc(N4CCCCC4=O)cc3)nc2)c1F. The van der Waals surface area contributed by atoms with Crippen molar-refractivity contribution in [3.05, 3.63) is 71.3 Å². The molecule has 0 bridgehead atoms. The number of nitrogens with zero attached hydrogens (tertiary/aromatic N) is 3. The second-order valence-corrected chi connectivity index (χ2v) is 8.05. The van der Waals surface area contributed by atoms with E-state index in [0.29, 0.717) is 18.8 Å². The van der Waals surface area contributed by atoms with E-state index in [4.69, 9.17) is 4.74 Å². The highest BCUT2D eigenvalue weighted by Crippen LogP contribution is 2.25. The van der Waals surface area contributed by atoms with Crippen molar-refractivity contribution < 1.29 is 23.8 Å². The molecule has 176 valence electrons. The van der Waals surface area contributed by atoms with Gasteiger partial charge in [-0.1, -0.05) is 0 Å². The van der Waals surface area contributed by atoms with Crippen LogP contribution in [0.15, 0.2) is 48.8 Å². The minimum Gasteiger partial charge on any atom is -0.494 e. The molecule has 1 amide bonds. The predicted octanol–water partition coefficient (Wildman–Crippen LogP) is 4.37. The molecule has 1 aliphatic heterocycles. The molecule has 1 aromatic heterocycles. The number of hydrogen-bond donors (Lipinski definition) is 2. The minimum atomic E-state index is -1.14. The first-order valence-corrected chi connectivity index (χ1v) is 11.0. The number of carboxylic acids is 1. The van der Waals surface area contributed by atoms with Crippen LogP contribution in [0, 0.1) is 5.82 Å².